The van der Waals surface area contributed by atoms with Gasteiger partial charge in [0.2, 0.25) is 5.91 Å². The molecule has 30 heavy (non-hydrogen) atoms. The van der Waals surface area contributed by atoms with E-state index >= 15 is 0 Å². The first-order valence-electron chi connectivity index (χ1n) is 8.83. The van der Waals surface area contributed by atoms with Gasteiger partial charge in [-0.05, 0) is 5.56 Å². The molecule has 0 aliphatic carbocycles. The van der Waals surface area contributed by atoms with E-state index in [2.05, 4.69) is 15.5 Å². The van der Waals surface area contributed by atoms with E-state index in [0.717, 1.165) is 28.7 Å². The van der Waals surface area contributed by atoms with E-state index < -0.39 is 23.3 Å². The number of rotatable bonds is 7. The van der Waals surface area contributed by atoms with Crippen LogP contribution in [0.2, 0.25) is 0 Å². The molecule has 2 aromatic rings. The van der Waals surface area contributed by atoms with Gasteiger partial charge in [0.05, 0.1) is 13.0 Å². The number of β-lactam (4-membered cyclic amide) rings is 1. The number of carboxylic acids is 1. The zero-order valence-corrected chi connectivity index (χ0v) is 17.8. The van der Waals surface area contributed by atoms with Gasteiger partial charge in [0, 0.05) is 10.7 Å². The third-order valence-electron chi connectivity index (χ3n) is 4.45. The second kappa shape index (κ2) is 8.76. The predicted molar refractivity (Wildman–Crippen MR) is 112 cm³/mol. The largest absolute Gasteiger partial charge is 0.477 e. The summed E-state index contributed by atoms with van der Waals surface area (Å²) >= 11 is 3.68. The summed E-state index contributed by atoms with van der Waals surface area (Å²) in [5, 5.41) is 29.2. The number of nitrogens with zero attached hydrogens (tertiary/aromatic N) is 3. The molecule has 1 saturated heterocycles. The van der Waals surface area contributed by atoms with Gasteiger partial charge in [0.1, 0.15) is 22.1 Å². The van der Waals surface area contributed by atoms with Gasteiger partial charge in [0.15, 0.2) is 4.34 Å². The Labute approximate surface area is 183 Å². The normalized spacial score (nSPS) is 20.6. The van der Waals surface area contributed by atoms with Crippen molar-refractivity contribution in [3.8, 4) is 0 Å². The number of nitrogens with one attached hydrogen (secondary N) is 1. The number of aliphatic hydroxyl groups is 1. The molecule has 1 fully saturated rings. The van der Waals surface area contributed by atoms with Gasteiger partial charge < -0.3 is 15.5 Å². The van der Waals surface area contributed by atoms with Crippen molar-refractivity contribution in [3.05, 3.63) is 51.5 Å². The lowest BCUT2D eigenvalue weighted by Gasteiger charge is -2.49. The molecule has 0 saturated carbocycles. The fourth-order valence-electron chi connectivity index (χ4n) is 3.12. The Balaban J connectivity index is 1.47. The van der Waals surface area contributed by atoms with E-state index in [0.29, 0.717) is 20.0 Å². The summed E-state index contributed by atoms with van der Waals surface area (Å²) in [7, 11) is 0. The van der Waals surface area contributed by atoms with E-state index in [1.165, 1.54) is 16.7 Å². The number of carbonyl (C=O) groups excluding carboxylic acids is 2. The van der Waals surface area contributed by atoms with Gasteiger partial charge in [-0.1, -0.05) is 53.4 Å². The van der Waals surface area contributed by atoms with Gasteiger partial charge in [-0.2, -0.15) is 0 Å². The molecule has 2 aliphatic rings. The number of benzene rings is 1. The molecule has 1 aromatic carbocycles. The Kier molecular flexibility index (Phi) is 6.09. The van der Waals surface area contributed by atoms with Gasteiger partial charge in [0.25, 0.3) is 5.91 Å². The highest BCUT2D eigenvalue weighted by Gasteiger charge is 2.54. The highest BCUT2D eigenvalue weighted by Crippen LogP contribution is 2.45. The quantitative estimate of drug-likeness (QED) is 0.515. The van der Waals surface area contributed by atoms with Crippen molar-refractivity contribution in [2.24, 2.45) is 0 Å². The number of hydrogen-bond acceptors (Lipinski definition) is 9. The summed E-state index contributed by atoms with van der Waals surface area (Å²) in [5.41, 5.74) is 0.738. The summed E-state index contributed by atoms with van der Waals surface area (Å²) in [4.78, 5) is 38.6. The van der Waals surface area contributed by atoms with Crippen LogP contribution in [0.5, 0.6) is 0 Å². The Morgan fingerprint density at radius 3 is 2.70 bits per heavy atom. The van der Waals surface area contributed by atoms with E-state index in [1.54, 1.807) is 0 Å². The molecule has 12 heteroatoms. The van der Waals surface area contributed by atoms with Crippen molar-refractivity contribution >= 4 is 52.6 Å². The molecule has 2 atom stereocenters. The molecule has 0 bridgehead atoms. The zero-order valence-electron chi connectivity index (χ0n) is 15.3. The van der Waals surface area contributed by atoms with Crippen molar-refractivity contribution in [1.29, 1.82) is 0 Å². The van der Waals surface area contributed by atoms with Gasteiger partial charge in [-0.3, -0.25) is 14.5 Å². The monoisotopic (exact) mass is 464 g/mol. The molecule has 2 amide bonds. The zero-order chi connectivity index (χ0) is 21.3. The Hall–Kier alpha value is -2.41. The first kappa shape index (κ1) is 20.8. The van der Waals surface area contributed by atoms with Crippen LogP contribution in [0.3, 0.4) is 0 Å². The van der Waals surface area contributed by atoms with Gasteiger partial charge >= 0.3 is 5.97 Å². The molecule has 2 aliphatic heterocycles. The average Bonchev–Trinajstić information content (AvgIpc) is 3.20. The van der Waals surface area contributed by atoms with Crippen LogP contribution in [0, 0.1) is 0 Å². The third kappa shape index (κ3) is 4.08. The average molecular weight is 465 g/mol. The fourth-order valence-corrected chi connectivity index (χ4v) is 6.52. The molecule has 4 rings (SSSR count). The smallest absolute Gasteiger partial charge is 0.353 e. The molecular formula is C18H16N4O5S3. The van der Waals surface area contributed by atoms with Crippen molar-refractivity contribution in [2.75, 3.05) is 5.75 Å². The number of aromatic nitrogens is 2. The van der Waals surface area contributed by atoms with Gasteiger partial charge in [-0.15, -0.1) is 22.0 Å². The maximum atomic E-state index is 12.7. The number of thioether (sulfide) groups is 2. The Bertz CT molecular complexity index is 1030. The Morgan fingerprint density at radius 1 is 1.27 bits per heavy atom. The summed E-state index contributed by atoms with van der Waals surface area (Å²) in [6, 6.07) is 8.42. The molecule has 9 nitrogen and oxygen atoms in total. The number of amides is 2. The van der Waals surface area contributed by atoms with Crippen LogP contribution in [-0.2, 0) is 27.4 Å². The summed E-state index contributed by atoms with van der Waals surface area (Å²) < 4.78 is 0.493. The maximum absolute atomic E-state index is 12.7. The highest BCUT2D eigenvalue weighted by molar-refractivity contribution is 8.07. The fraction of sp³-hybridized carbons (Fsp3) is 0.278. The minimum Gasteiger partial charge on any atom is -0.477 e. The van der Waals surface area contributed by atoms with E-state index in [9.17, 15) is 19.5 Å². The van der Waals surface area contributed by atoms with Crippen LogP contribution >= 0.6 is 34.9 Å². The molecule has 0 spiro atoms. The number of fused-ring (bicyclic) bond motifs is 1. The molecule has 1 aromatic heterocycles. The number of aliphatic hydroxyl groups excluding tert-OH is 1. The van der Waals surface area contributed by atoms with Crippen LogP contribution in [0.4, 0.5) is 0 Å². The van der Waals surface area contributed by atoms with Crippen molar-refractivity contribution in [2.45, 2.75) is 28.8 Å². The van der Waals surface area contributed by atoms with Gasteiger partial charge in [-0.25, -0.2) is 4.79 Å². The minimum absolute atomic E-state index is 0.0944. The highest BCUT2D eigenvalue weighted by atomic mass is 32.2. The first-order valence-corrected chi connectivity index (χ1v) is 11.5. The van der Waals surface area contributed by atoms with E-state index in [-0.39, 0.29) is 24.6 Å². The van der Waals surface area contributed by atoms with Crippen LogP contribution in [0.1, 0.15) is 10.6 Å². The van der Waals surface area contributed by atoms with Crippen molar-refractivity contribution in [3.63, 3.8) is 0 Å². The molecule has 0 radical (unpaired) electrons. The lowest BCUT2D eigenvalue weighted by molar-refractivity contribution is -0.150. The van der Waals surface area contributed by atoms with Crippen molar-refractivity contribution < 1.29 is 24.6 Å². The number of carbonyl (C=O) groups is 3. The second-order valence-corrected chi connectivity index (χ2v) is 9.93. The Morgan fingerprint density at radius 2 is 2.03 bits per heavy atom. The summed E-state index contributed by atoms with van der Waals surface area (Å²) in [6.07, 6.45) is 0.148. The van der Waals surface area contributed by atoms with E-state index in [4.69, 9.17) is 5.11 Å². The van der Waals surface area contributed by atoms with Crippen LogP contribution < -0.4 is 5.32 Å². The SMILES string of the molecule is O=C(Cc1ccccc1)N[C@@H]1C(=O)N2C(C(=O)O)=C(Sc3nnc(CO)s3)CS[C@@H]12. The first-order chi connectivity index (χ1) is 14.5. The lowest BCUT2D eigenvalue weighted by Crippen LogP contribution is -2.70. The number of hydrogen-bond donors (Lipinski definition) is 3. The van der Waals surface area contributed by atoms with Crippen molar-refractivity contribution in [1.82, 2.24) is 20.4 Å². The predicted octanol–water partition coefficient (Wildman–Crippen LogP) is 1.06. The van der Waals surface area contributed by atoms with Crippen LogP contribution in [-0.4, -0.2) is 60.3 Å². The summed E-state index contributed by atoms with van der Waals surface area (Å²) in [5.74, 6) is -1.58. The second-order valence-electron chi connectivity index (χ2n) is 6.42. The van der Waals surface area contributed by atoms with E-state index in [1.807, 2.05) is 30.3 Å². The molecule has 3 N–H and O–H groups in total. The number of aliphatic carboxylic acids is 1. The molecule has 3 heterocycles. The van der Waals surface area contributed by atoms with Crippen LogP contribution in [0.25, 0.3) is 0 Å². The summed E-state index contributed by atoms with van der Waals surface area (Å²) in [6.45, 7) is -0.241. The molecular weight excluding hydrogens is 448 g/mol. The molecule has 156 valence electrons. The maximum Gasteiger partial charge on any atom is 0.353 e. The lowest BCUT2D eigenvalue weighted by atomic mass is 10.0. The number of carboxylic acid groups (broad SMARTS) is 1. The molecule has 0 unspecified atom stereocenters. The minimum atomic E-state index is -1.21. The third-order valence-corrected chi connectivity index (χ3v) is 7.96. The van der Waals surface area contributed by atoms with Crippen LogP contribution in [0.15, 0.2) is 45.3 Å². The standard InChI is InChI=1S/C18H16N4O5S3/c23-7-12-20-21-18(30-12)29-10-8-28-16-13(15(25)22(16)14(10)17(26)27)19-11(24)6-9-4-2-1-3-5-9/h1-5,13,16,23H,6-8H2,(H,19,24)(H,26,27)/t13-,16+/m1/s1. The topological polar surface area (TPSA) is 133 Å².